The SMILES string of the molecule is CCCOc1ccc(CN)cc1. The van der Waals surface area contributed by atoms with Crippen LogP contribution in [0.2, 0.25) is 0 Å². The molecule has 0 radical (unpaired) electrons. The Morgan fingerprint density at radius 3 is 2.42 bits per heavy atom. The molecule has 1 aromatic carbocycles. The molecule has 0 atom stereocenters. The normalized spacial score (nSPS) is 9.83. The lowest BCUT2D eigenvalue weighted by atomic mass is 10.2. The van der Waals surface area contributed by atoms with Crippen molar-refractivity contribution in [1.29, 1.82) is 0 Å². The van der Waals surface area contributed by atoms with Crippen molar-refractivity contribution in [2.24, 2.45) is 5.73 Å². The molecular formula is C10H15NO. The van der Waals surface area contributed by atoms with Gasteiger partial charge in [0.15, 0.2) is 0 Å². The molecule has 0 amide bonds. The van der Waals surface area contributed by atoms with Gasteiger partial charge in [0.2, 0.25) is 0 Å². The van der Waals surface area contributed by atoms with E-state index in [0.29, 0.717) is 6.54 Å². The van der Waals surface area contributed by atoms with Crippen molar-refractivity contribution in [3.63, 3.8) is 0 Å². The minimum atomic E-state index is 0.591. The second-order valence-electron chi connectivity index (χ2n) is 2.70. The van der Waals surface area contributed by atoms with Gasteiger partial charge in [-0.05, 0) is 24.1 Å². The molecule has 0 bridgehead atoms. The highest BCUT2D eigenvalue weighted by atomic mass is 16.5. The van der Waals surface area contributed by atoms with Crippen LogP contribution in [0.25, 0.3) is 0 Å². The van der Waals surface area contributed by atoms with Gasteiger partial charge in [-0.25, -0.2) is 0 Å². The third kappa shape index (κ3) is 2.55. The quantitative estimate of drug-likeness (QED) is 0.740. The molecule has 0 aliphatic rings. The standard InChI is InChI=1S/C10H15NO/c1-2-7-12-10-5-3-9(8-11)4-6-10/h3-6H,2,7-8,11H2,1H3. The molecule has 2 N–H and O–H groups in total. The maximum Gasteiger partial charge on any atom is 0.119 e. The zero-order valence-electron chi connectivity index (χ0n) is 7.42. The first-order valence-corrected chi connectivity index (χ1v) is 4.28. The van der Waals surface area contributed by atoms with E-state index in [0.717, 1.165) is 24.3 Å². The van der Waals surface area contributed by atoms with Gasteiger partial charge in [-0.15, -0.1) is 0 Å². The fourth-order valence-electron chi connectivity index (χ4n) is 0.942. The highest BCUT2D eigenvalue weighted by Gasteiger charge is 1.92. The Morgan fingerprint density at radius 1 is 1.25 bits per heavy atom. The molecule has 1 rings (SSSR count). The molecule has 0 saturated carbocycles. The van der Waals surface area contributed by atoms with E-state index in [1.165, 1.54) is 0 Å². The van der Waals surface area contributed by atoms with Gasteiger partial charge in [0.05, 0.1) is 6.61 Å². The van der Waals surface area contributed by atoms with Gasteiger partial charge in [0, 0.05) is 6.54 Å². The molecular weight excluding hydrogens is 150 g/mol. The molecule has 66 valence electrons. The summed E-state index contributed by atoms with van der Waals surface area (Å²) in [4.78, 5) is 0. The summed E-state index contributed by atoms with van der Waals surface area (Å²) < 4.78 is 5.41. The topological polar surface area (TPSA) is 35.2 Å². The van der Waals surface area contributed by atoms with Gasteiger partial charge >= 0.3 is 0 Å². The second-order valence-corrected chi connectivity index (χ2v) is 2.70. The van der Waals surface area contributed by atoms with Crippen molar-refractivity contribution in [2.45, 2.75) is 19.9 Å². The Kier molecular flexibility index (Phi) is 3.61. The predicted octanol–water partition coefficient (Wildman–Crippen LogP) is 1.93. The Hall–Kier alpha value is -1.02. The van der Waals surface area contributed by atoms with Gasteiger partial charge in [-0.2, -0.15) is 0 Å². The van der Waals surface area contributed by atoms with Crippen LogP contribution < -0.4 is 10.5 Å². The van der Waals surface area contributed by atoms with Gasteiger partial charge in [-0.3, -0.25) is 0 Å². The smallest absolute Gasteiger partial charge is 0.119 e. The average Bonchev–Trinajstić information content (AvgIpc) is 2.15. The average molecular weight is 165 g/mol. The van der Waals surface area contributed by atoms with Crippen molar-refractivity contribution in [2.75, 3.05) is 6.61 Å². The summed E-state index contributed by atoms with van der Waals surface area (Å²) in [6, 6.07) is 7.89. The van der Waals surface area contributed by atoms with Crippen molar-refractivity contribution in [3.05, 3.63) is 29.8 Å². The molecule has 0 heterocycles. The zero-order chi connectivity index (χ0) is 8.81. The summed E-state index contributed by atoms with van der Waals surface area (Å²) in [5.41, 5.74) is 6.60. The van der Waals surface area contributed by atoms with Crippen molar-refractivity contribution < 1.29 is 4.74 Å². The van der Waals surface area contributed by atoms with Crippen LogP contribution in [0.1, 0.15) is 18.9 Å². The molecule has 0 aliphatic carbocycles. The molecule has 0 aromatic heterocycles. The first-order chi connectivity index (χ1) is 5.86. The predicted molar refractivity (Wildman–Crippen MR) is 50.1 cm³/mol. The molecule has 0 aliphatic heterocycles. The lowest BCUT2D eigenvalue weighted by molar-refractivity contribution is 0.317. The summed E-state index contributed by atoms with van der Waals surface area (Å²) in [5.74, 6) is 0.925. The first kappa shape index (κ1) is 9.07. The Labute approximate surface area is 73.3 Å². The van der Waals surface area contributed by atoms with E-state index in [-0.39, 0.29) is 0 Å². The number of hydrogen-bond acceptors (Lipinski definition) is 2. The maximum absolute atomic E-state index is 5.46. The van der Waals surface area contributed by atoms with E-state index in [9.17, 15) is 0 Å². The van der Waals surface area contributed by atoms with Gasteiger partial charge < -0.3 is 10.5 Å². The molecule has 1 aromatic rings. The molecule has 0 fully saturated rings. The summed E-state index contributed by atoms with van der Waals surface area (Å²) >= 11 is 0. The van der Waals surface area contributed by atoms with Crippen molar-refractivity contribution >= 4 is 0 Å². The first-order valence-electron chi connectivity index (χ1n) is 4.28. The Balaban J connectivity index is 2.53. The molecule has 2 nitrogen and oxygen atoms in total. The van der Waals surface area contributed by atoms with E-state index in [2.05, 4.69) is 6.92 Å². The monoisotopic (exact) mass is 165 g/mol. The lowest BCUT2D eigenvalue weighted by Crippen LogP contribution is -1.97. The van der Waals surface area contributed by atoms with Crippen LogP contribution in [-0.4, -0.2) is 6.61 Å². The number of ether oxygens (including phenoxy) is 1. The van der Waals surface area contributed by atoms with E-state index in [1.54, 1.807) is 0 Å². The van der Waals surface area contributed by atoms with Crippen molar-refractivity contribution in [3.8, 4) is 5.75 Å². The molecule has 2 heteroatoms. The summed E-state index contributed by atoms with van der Waals surface area (Å²) in [5, 5.41) is 0. The van der Waals surface area contributed by atoms with E-state index in [1.807, 2.05) is 24.3 Å². The lowest BCUT2D eigenvalue weighted by Gasteiger charge is -2.04. The number of benzene rings is 1. The minimum absolute atomic E-state index is 0.591. The van der Waals surface area contributed by atoms with Crippen LogP contribution in [0.4, 0.5) is 0 Å². The summed E-state index contributed by atoms with van der Waals surface area (Å²) in [6.07, 6.45) is 1.04. The van der Waals surface area contributed by atoms with Crippen LogP contribution in [0.15, 0.2) is 24.3 Å². The molecule has 0 spiro atoms. The van der Waals surface area contributed by atoms with Crippen molar-refractivity contribution in [1.82, 2.24) is 0 Å². The van der Waals surface area contributed by atoms with Gasteiger partial charge in [0.1, 0.15) is 5.75 Å². The number of hydrogen-bond donors (Lipinski definition) is 1. The minimum Gasteiger partial charge on any atom is -0.494 e. The van der Waals surface area contributed by atoms with E-state index >= 15 is 0 Å². The van der Waals surface area contributed by atoms with Gasteiger partial charge in [-0.1, -0.05) is 19.1 Å². The second kappa shape index (κ2) is 4.78. The Bertz CT molecular complexity index is 218. The highest BCUT2D eigenvalue weighted by Crippen LogP contribution is 2.11. The zero-order valence-corrected chi connectivity index (χ0v) is 7.42. The van der Waals surface area contributed by atoms with E-state index < -0.39 is 0 Å². The fraction of sp³-hybridized carbons (Fsp3) is 0.400. The molecule has 0 saturated heterocycles. The third-order valence-electron chi connectivity index (χ3n) is 1.63. The fourth-order valence-corrected chi connectivity index (χ4v) is 0.942. The largest absolute Gasteiger partial charge is 0.494 e. The number of rotatable bonds is 4. The number of nitrogens with two attached hydrogens (primary N) is 1. The van der Waals surface area contributed by atoms with Crippen LogP contribution >= 0.6 is 0 Å². The van der Waals surface area contributed by atoms with Crippen LogP contribution in [0.3, 0.4) is 0 Å². The highest BCUT2D eigenvalue weighted by molar-refractivity contribution is 5.26. The summed E-state index contributed by atoms with van der Waals surface area (Å²) in [6.45, 7) is 3.46. The molecule has 12 heavy (non-hydrogen) atoms. The van der Waals surface area contributed by atoms with Crippen LogP contribution in [-0.2, 0) is 6.54 Å². The Morgan fingerprint density at radius 2 is 1.92 bits per heavy atom. The summed E-state index contributed by atoms with van der Waals surface area (Å²) in [7, 11) is 0. The third-order valence-corrected chi connectivity index (χ3v) is 1.63. The van der Waals surface area contributed by atoms with Crippen LogP contribution in [0, 0.1) is 0 Å². The maximum atomic E-state index is 5.46. The molecule has 0 unspecified atom stereocenters. The van der Waals surface area contributed by atoms with Gasteiger partial charge in [0.25, 0.3) is 0 Å². The van der Waals surface area contributed by atoms with E-state index in [4.69, 9.17) is 10.5 Å². The van der Waals surface area contributed by atoms with Crippen LogP contribution in [0.5, 0.6) is 5.75 Å².